The summed E-state index contributed by atoms with van der Waals surface area (Å²) in [7, 11) is 4.57. The Labute approximate surface area is 128 Å². The minimum Gasteiger partial charge on any atom is -0.301 e. The molecular weight excluding hydrogens is 292 g/mol. The lowest BCUT2D eigenvalue weighted by molar-refractivity contribution is 0.0973. The summed E-state index contributed by atoms with van der Waals surface area (Å²) in [6.45, 7) is 8.24. The third-order valence-electron chi connectivity index (χ3n) is 5.98. The van der Waals surface area contributed by atoms with Gasteiger partial charge in [-0.1, -0.05) is 21.6 Å². The first-order valence-electron chi connectivity index (χ1n) is 7.80. The summed E-state index contributed by atoms with van der Waals surface area (Å²) in [6, 6.07) is 0. The summed E-state index contributed by atoms with van der Waals surface area (Å²) < 4.78 is 1.11. The van der Waals surface area contributed by atoms with Gasteiger partial charge in [-0.05, 0) is 63.7 Å². The summed E-state index contributed by atoms with van der Waals surface area (Å²) in [5, 5.41) is 0. The Kier molecular flexibility index (Phi) is 2.80. The van der Waals surface area contributed by atoms with Crippen molar-refractivity contribution in [3.63, 3.8) is 0 Å². The van der Waals surface area contributed by atoms with Gasteiger partial charge in [-0.3, -0.25) is 0 Å². The normalized spacial score (nSPS) is 59.4. The van der Waals surface area contributed by atoms with E-state index >= 15 is 0 Å². The maximum Gasteiger partial charge on any atom is 0.0884 e. The minimum absolute atomic E-state index is 0.555. The largest absolute Gasteiger partial charge is 0.301 e. The van der Waals surface area contributed by atoms with Crippen molar-refractivity contribution in [1.29, 1.82) is 0 Å². The number of nitrogens with zero attached hydrogens (tertiary/aromatic N) is 2. The summed E-state index contributed by atoms with van der Waals surface area (Å²) in [4.78, 5) is 5.47. The number of fused-ring (bicyclic) bond motifs is 4. The van der Waals surface area contributed by atoms with Gasteiger partial charge < -0.3 is 9.80 Å². The Morgan fingerprint density at radius 1 is 0.684 bits per heavy atom. The first kappa shape index (κ1) is 12.5. The van der Waals surface area contributed by atoms with Gasteiger partial charge in [0.1, 0.15) is 0 Å². The summed E-state index contributed by atoms with van der Waals surface area (Å²) in [5.41, 5.74) is 0. The van der Waals surface area contributed by atoms with E-state index in [1.54, 1.807) is 0 Å². The topological polar surface area (TPSA) is 6.48 Å². The molecule has 0 unspecified atom stereocenters. The van der Waals surface area contributed by atoms with Crippen LogP contribution < -0.4 is 0 Å². The molecule has 7 aliphatic heterocycles. The van der Waals surface area contributed by atoms with Crippen LogP contribution in [0.3, 0.4) is 0 Å². The van der Waals surface area contributed by atoms with Crippen LogP contribution in [0.2, 0.25) is 0 Å². The fourth-order valence-corrected chi connectivity index (χ4v) is 12.7. The number of hydrogen-bond acceptors (Lipinski definition) is 5. The summed E-state index contributed by atoms with van der Waals surface area (Å²) >= 11 is 2.43. The van der Waals surface area contributed by atoms with Gasteiger partial charge in [0.05, 0.1) is 8.16 Å². The average molecular weight is 315 g/mol. The maximum atomic E-state index is 2.74. The molecule has 7 rings (SSSR count). The zero-order valence-electron chi connectivity index (χ0n) is 11.3. The van der Waals surface area contributed by atoms with E-state index in [1.165, 1.54) is 65.0 Å². The second-order valence-corrected chi connectivity index (χ2v) is 12.0. The molecule has 7 fully saturated rings. The predicted octanol–water partition coefficient (Wildman–Crippen LogP) is 2.96. The van der Waals surface area contributed by atoms with Crippen LogP contribution in [0.1, 0.15) is 25.7 Å². The molecule has 7 aliphatic rings. The number of thioether (sulfide) groups is 1. The van der Waals surface area contributed by atoms with Crippen molar-refractivity contribution < 1.29 is 0 Å². The van der Waals surface area contributed by atoms with Crippen molar-refractivity contribution in [3.05, 3.63) is 0 Å². The van der Waals surface area contributed by atoms with Crippen molar-refractivity contribution >= 4 is 33.3 Å². The Morgan fingerprint density at radius 2 is 1.11 bits per heavy atom. The molecular formula is C14H22N2S3. The van der Waals surface area contributed by atoms with E-state index in [0.29, 0.717) is 8.16 Å². The van der Waals surface area contributed by atoms with Crippen LogP contribution in [0.4, 0.5) is 0 Å². The van der Waals surface area contributed by atoms with Gasteiger partial charge >= 0.3 is 0 Å². The van der Waals surface area contributed by atoms with Gasteiger partial charge in [-0.15, -0.1) is 11.8 Å². The minimum atomic E-state index is 0.555. The van der Waals surface area contributed by atoms with Gasteiger partial charge in [0.2, 0.25) is 0 Å². The lowest BCUT2D eigenvalue weighted by atomic mass is 9.87. The fraction of sp³-hybridized carbons (Fsp3) is 1.00. The van der Waals surface area contributed by atoms with Gasteiger partial charge in [0.25, 0.3) is 0 Å². The first-order chi connectivity index (χ1) is 9.28. The van der Waals surface area contributed by atoms with Crippen LogP contribution in [-0.4, -0.2) is 57.2 Å². The van der Waals surface area contributed by atoms with Crippen LogP contribution in [0.15, 0.2) is 0 Å². The van der Waals surface area contributed by atoms with Crippen LogP contribution in [0, 0.1) is 11.8 Å². The van der Waals surface area contributed by atoms with Gasteiger partial charge in [0, 0.05) is 13.1 Å². The highest BCUT2D eigenvalue weighted by molar-refractivity contribution is 8.83. The molecule has 0 aromatic rings. The molecule has 19 heavy (non-hydrogen) atoms. The summed E-state index contributed by atoms with van der Waals surface area (Å²) in [5.74, 6) is 1.99. The van der Waals surface area contributed by atoms with E-state index in [0.717, 1.165) is 11.8 Å². The molecule has 0 aromatic carbocycles. The van der Waals surface area contributed by atoms with Crippen molar-refractivity contribution in [2.24, 2.45) is 11.8 Å². The molecule has 0 aliphatic carbocycles. The number of piperidine rings is 6. The third-order valence-corrected chi connectivity index (χ3v) is 12.8. The van der Waals surface area contributed by atoms with E-state index in [4.69, 9.17) is 0 Å². The molecule has 0 amide bonds. The Hall–Kier alpha value is 0.970. The molecule has 0 N–H and O–H groups in total. The molecule has 0 radical (unpaired) electrons. The molecule has 7 heterocycles. The molecule has 106 valence electrons. The molecule has 0 saturated carbocycles. The molecule has 5 heteroatoms. The van der Waals surface area contributed by atoms with Crippen LogP contribution >= 0.6 is 33.3 Å². The molecule has 4 bridgehead atoms. The van der Waals surface area contributed by atoms with E-state index in [1.807, 2.05) is 0 Å². The van der Waals surface area contributed by atoms with Gasteiger partial charge in [-0.2, -0.15) is 0 Å². The summed E-state index contributed by atoms with van der Waals surface area (Å²) in [6.07, 6.45) is 5.85. The average Bonchev–Trinajstić information content (AvgIpc) is 2.80. The molecule has 0 aromatic heterocycles. The van der Waals surface area contributed by atoms with Crippen LogP contribution in [0.5, 0.6) is 0 Å². The van der Waals surface area contributed by atoms with Crippen molar-refractivity contribution in [3.8, 4) is 0 Å². The second-order valence-electron chi connectivity index (χ2n) is 6.99. The van der Waals surface area contributed by atoms with Crippen molar-refractivity contribution in [2.45, 2.75) is 33.8 Å². The highest BCUT2D eigenvalue weighted by Gasteiger charge is 2.62. The Balaban J connectivity index is 1.44. The number of rotatable bonds is 0. The van der Waals surface area contributed by atoms with Crippen LogP contribution in [0.25, 0.3) is 0 Å². The number of hydrogen-bond donors (Lipinski definition) is 0. The van der Waals surface area contributed by atoms with Gasteiger partial charge in [0.15, 0.2) is 0 Å². The zero-order chi connectivity index (χ0) is 12.5. The quantitative estimate of drug-likeness (QED) is 0.632. The highest BCUT2D eigenvalue weighted by atomic mass is 33.1. The lowest BCUT2D eigenvalue weighted by Crippen LogP contribution is -2.58. The second kappa shape index (κ2) is 4.25. The highest BCUT2D eigenvalue weighted by Crippen LogP contribution is 2.73. The van der Waals surface area contributed by atoms with E-state index in [9.17, 15) is 0 Å². The Morgan fingerprint density at radius 3 is 1.42 bits per heavy atom. The van der Waals surface area contributed by atoms with Crippen molar-refractivity contribution in [1.82, 2.24) is 9.80 Å². The molecule has 2 nitrogen and oxygen atoms in total. The molecule has 2 atom stereocenters. The third kappa shape index (κ3) is 1.74. The lowest BCUT2D eigenvalue weighted by Gasteiger charge is -2.53. The van der Waals surface area contributed by atoms with Crippen LogP contribution in [-0.2, 0) is 0 Å². The first-order valence-corrected chi connectivity index (χ1v) is 10.8. The molecule has 2 spiro atoms. The SMILES string of the molecule is C1CN2CCC1[C@@]1(C2)SS[C@]2(CN3CCC2CC3)S1. The van der Waals surface area contributed by atoms with E-state index < -0.39 is 0 Å². The molecule has 7 saturated heterocycles. The van der Waals surface area contributed by atoms with E-state index in [-0.39, 0.29) is 0 Å². The Bertz CT molecular complexity index is 354. The fourth-order valence-electron chi connectivity index (χ4n) is 4.83. The van der Waals surface area contributed by atoms with E-state index in [2.05, 4.69) is 43.1 Å². The smallest absolute Gasteiger partial charge is 0.0884 e. The van der Waals surface area contributed by atoms with Gasteiger partial charge in [-0.25, -0.2) is 0 Å². The zero-order valence-corrected chi connectivity index (χ0v) is 13.8. The maximum absolute atomic E-state index is 2.74. The standard InChI is InChI=1S/C14H22N2S3/c1-5-15-6-2-11(1)13(9-15)17-14(19-18-13)10-16-7-3-12(14)4-8-16/h11-12H,1-10H2/t13-,14+. The monoisotopic (exact) mass is 314 g/mol. The predicted molar refractivity (Wildman–Crippen MR) is 86.6 cm³/mol. The van der Waals surface area contributed by atoms with Crippen molar-refractivity contribution in [2.75, 3.05) is 39.3 Å².